The Morgan fingerprint density at radius 2 is 1.74 bits per heavy atom. The summed E-state index contributed by atoms with van der Waals surface area (Å²) in [5.41, 5.74) is 3.86. The van der Waals surface area contributed by atoms with Crippen molar-refractivity contribution >= 4 is 28.7 Å². The summed E-state index contributed by atoms with van der Waals surface area (Å²) in [6.07, 6.45) is 0. The van der Waals surface area contributed by atoms with Crippen molar-refractivity contribution < 1.29 is 14.7 Å². The third kappa shape index (κ3) is 3.36. The van der Waals surface area contributed by atoms with Gasteiger partial charge in [0.2, 0.25) is 5.91 Å². The highest BCUT2D eigenvalue weighted by Gasteiger charge is 2.35. The lowest BCUT2D eigenvalue weighted by Gasteiger charge is -2.19. The number of aliphatic imine (C=N–C) groups is 1. The van der Waals surface area contributed by atoms with Gasteiger partial charge in [0.25, 0.3) is 5.91 Å². The number of amides is 2. The molecule has 2 aromatic carbocycles. The van der Waals surface area contributed by atoms with E-state index in [0.717, 1.165) is 28.0 Å². The topological polar surface area (TPSA) is 90.8 Å². The molecule has 27 heavy (non-hydrogen) atoms. The smallest absolute Gasteiger partial charge is 0.250 e. The molecule has 1 aliphatic carbocycles. The molecule has 2 aliphatic rings. The van der Waals surface area contributed by atoms with Gasteiger partial charge in [-0.3, -0.25) is 14.6 Å². The highest BCUT2D eigenvalue weighted by molar-refractivity contribution is 8.14. The van der Waals surface area contributed by atoms with E-state index >= 15 is 0 Å². The number of hydrogen-bond acceptors (Lipinski definition) is 5. The number of hydrogen-bond donors (Lipinski definition) is 3. The molecule has 1 heterocycles. The Labute approximate surface area is 161 Å². The second-order valence-corrected chi connectivity index (χ2v) is 7.46. The Kier molecular flexibility index (Phi) is 4.96. The summed E-state index contributed by atoms with van der Waals surface area (Å²) >= 11 is 1.45. The second-order valence-electron chi connectivity index (χ2n) is 6.38. The van der Waals surface area contributed by atoms with Gasteiger partial charge in [-0.15, -0.1) is 0 Å². The predicted molar refractivity (Wildman–Crippen MR) is 106 cm³/mol. The molecule has 4 rings (SSSR count). The van der Waals surface area contributed by atoms with Gasteiger partial charge in [-0.05, 0) is 22.3 Å². The molecule has 0 radical (unpaired) electrons. The van der Waals surface area contributed by atoms with Gasteiger partial charge in [0.15, 0.2) is 5.17 Å². The molecule has 0 saturated carbocycles. The van der Waals surface area contributed by atoms with Crippen LogP contribution in [-0.4, -0.2) is 47.0 Å². The summed E-state index contributed by atoms with van der Waals surface area (Å²) in [6, 6.07) is 14.5. The van der Waals surface area contributed by atoms with Gasteiger partial charge in [0.1, 0.15) is 6.04 Å². The number of fused-ring (bicyclic) bond motifs is 3. The van der Waals surface area contributed by atoms with Crippen molar-refractivity contribution in [1.82, 2.24) is 10.6 Å². The van der Waals surface area contributed by atoms with E-state index in [0.29, 0.717) is 11.7 Å². The first-order valence-corrected chi connectivity index (χ1v) is 9.75. The van der Waals surface area contributed by atoms with Gasteiger partial charge in [-0.1, -0.05) is 60.3 Å². The number of amidine groups is 1. The first-order valence-electron chi connectivity index (χ1n) is 8.76. The van der Waals surface area contributed by atoms with E-state index in [4.69, 9.17) is 0 Å². The number of carbonyl (C=O) groups excluding carboxylic acids is 2. The molecule has 1 unspecified atom stereocenters. The zero-order chi connectivity index (χ0) is 18.8. The lowest BCUT2D eigenvalue weighted by Crippen LogP contribution is -2.50. The molecule has 7 heteroatoms. The molecule has 0 aromatic heterocycles. The average molecular weight is 381 g/mol. The number of carbonyl (C=O) groups is 2. The third-order valence-electron chi connectivity index (χ3n) is 4.73. The maximum atomic E-state index is 13.0. The van der Waals surface area contributed by atoms with Crippen LogP contribution < -0.4 is 10.6 Å². The zero-order valence-corrected chi connectivity index (χ0v) is 15.3. The van der Waals surface area contributed by atoms with E-state index in [1.807, 2.05) is 48.5 Å². The summed E-state index contributed by atoms with van der Waals surface area (Å²) in [5, 5.41) is 15.5. The van der Waals surface area contributed by atoms with E-state index in [1.54, 1.807) is 0 Å². The van der Waals surface area contributed by atoms with Crippen molar-refractivity contribution in [2.24, 2.45) is 4.99 Å². The van der Waals surface area contributed by atoms with Crippen molar-refractivity contribution in [3.05, 3.63) is 59.7 Å². The fourth-order valence-electron chi connectivity index (χ4n) is 3.49. The predicted octanol–water partition coefficient (Wildman–Crippen LogP) is 1.49. The summed E-state index contributed by atoms with van der Waals surface area (Å²) in [7, 11) is 0. The Morgan fingerprint density at radius 1 is 1.11 bits per heavy atom. The molecule has 2 amide bonds. The van der Waals surface area contributed by atoms with E-state index < -0.39 is 24.5 Å². The molecular formula is C20H19N3O3S. The molecule has 3 N–H and O–H groups in total. The Bertz CT molecular complexity index is 883. The minimum atomic E-state index is -1.03. The van der Waals surface area contributed by atoms with Gasteiger partial charge < -0.3 is 15.7 Å². The quantitative estimate of drug-likeness (QED) is 0.749. The number of benzene rings is 2. The fourth-order valence-corrected chi connectivity index (χ4v) is 4.22. The number of nitrogens with zero attached hydrogens (tertiary/aromatic N) is 1. The third-order valence-corrected chi connectivity index (χ3v) is 5.62. The highest BCUT2D eigenvalue weighted by Crippen LogP contribution is 2.44. The van der Waals surface area contributed by atoms with Crippen LogP contribution >= 0.6 is 11.8 Å². The van der Waals surface area contributed by atoms with Crippen molar-refractivity contribution in [1.29, 1.82) is 0 Å². The van der Waals surface area contributed by atoms with Crippen LogP contribution in [0.25, 0.3) is 11.1 Å². The van der Waals surface area contributed by atoms with Gasteiger partial charge in [-0.25, -0.2) is 0 Å². The standard InChI is InChI=1S/C20H19N3O3S/c24-11-16(18(25)23-20-21-9-10-27-20)22-19(26)17-14-7-3-1-5-12(14)13-6-2-4-8-15(13)17/h1-8,16-17,24H,9-11H2,(H,22,26)(H,21,23,25). The van der Waals surface area contributed by atoms with E-state index in [-0.39, 0.29) is 5.91 Å². The molecule has 6 nitrogen and oxygen atoms in total. The zero-order valence-electron chi connectivity index (χ0n) is 14.5. The molecular weight excluding hydrogens is 362 g/mol. The van der Waals surface area contributed by atoms with Crippen molar-refractivity contribution in [2.45, 2.75) is 12.0 Å². The minimum Gasteiger partial charge on any atom is -0.394 e. The molecule has 0 saturated heterocycles. The van der Waals surface area contributed by atoms with Crippen LogP contribution in [0.5, 0.6) is 0 Å². The molecule has 1 atom stereocenters. The van der Waals surface area contributed by atoms with Gasteiger partial charge >= 0.3 is 0 Å². The largest absolute Gasteiger partial charge is 0.394 e. The number of rotatable bonds is 4. The summed E-state index contributed by atoms with van der Waals surface area (Å²) in [6.45, 7) is 0.178. The fraction of sp³-hybridized carbons (Fsp3) is 0.250. The Morgan fingerprint density at radius 3 is 2.30 bits per heavy atom. The van der Waals surface area contributed by atoms with Crippen molar-refractivity contribution in [2.75, 3.05) is 18.9 Å². The van der Waals surface area contributed by atoms with Crippen molar-refractivity contribution in [3.8, 4) is 11.1 Å². The first kappa shape index (κ1) is 17.8. The second kappa shape index (κ2) is 7.54. The van der Waals surface area contributed by atoms with Gasteiger partial charge in [0.05, 0.1) is 19.1 Å². The highest BCUT2D eigenvalue weighted by atomic mass is 32.2. The molecule has 1 aliphatic heterocycles. The maximum absolute atomic E-state index is 13.0. The summed E-state index contributed by atoms with van der Waals surface area (Å²) < 4.78 is 0. The van der Waals surface area contributed by atoms with Crippen LogP contribution in [0, 0.1) is 0 Å². The lowest BCUT2D eigenvalue weighted by atomic mass is 9.95. The van der Waals surface area contributed by atoms with E-state index in [9.17, 15) is 14.7 Å². The molecule has 138 valence electrons. The molecule has 0 bridgehead atoms. The number of aliphatic hydroxyl groups excluding tert-OH is 1. The first-order chi connectivity index (χ1) is 13.2. The number of thioether (sulfide) groups is 1. The normalized spacial score (nSPS) is 16.3. The van der Waals surface area contributed by atoms with Crippen LogP contribution in [0.2, 0.25) is 0 Å². The van der Waals surface area contributed by atoms with Crippen LogP contribution in [0.4, 0.5) is 0 Å². The van der Waals surface area contributed by atoms with E-state index in [2.05, 4.69) is 15.6 Å². The minimum absolute atomic E-state index is 0.303. The van der Waals surface area contributed by atoms with Crippen LogP contribution in [-0.2, 0) is 9.59 Å². The molecule has 0 fully saturated rings. The molecule has 0 spiro atoms. The Hall–Kier alpha value is -2.64. The van der Waals surface area contributed by atoms with Crippen LogP contribution in [0.3, 0.4) is 0 Å². The van der Waals surface area contributed by atoms with Gasteiger partial charge in [0, 0.05) is 5.75 Å². The Balaban J connectivity index is 1.56. The monoisotopic (exact) mass is 381 g/mol. The van der Waals surface area contributed by atoms with Gasteiger partial charge in [-0.2, -0.15) is 0 Å². The number of aliphatic hydroxyl groups is 1. The SMILES string of the molecule is O=C(NC1=NCCS1)C(CO)NC(=O)C1c2ccccc2-c2ccccc21. The maximum Gasteiger partial charge on any atom is 0.250 e. The molecule has 2 aromatic rings. The summed E-state index contributed by atoms with van der Waals surface area (Å²) in [4.78, 5) is 29.6. The lowest BCUT2D eigenvalue weighted by molar-refractivity contribution is -0.129. The number of nitrogens with one attached hydrogen (secondary N) is 2. The van der Waals surface area contributed by atoms with Crippen LogP contribution in [0.15, 0.2) is 53.5 Å². The van der Waals surface area contributed by atoms with E-state index in [1.165, 1.54) is 11.8 Å². The van der Waals surface area contributed by atoms with Crippen LogP contribution in [0.1, 0.15) is 17.0 Å². The van der Waals surface area contributed by atoms with Crippen molar-refractivity contribution in [3.63, 3.8) is 0 Å². The average Bonchev–Trinajstić information content (AvgIpc) is 3.31. The summed E-state index contributed by atoms with van der Waals surface area (Å²) in [5.74, 6) is -0.444.